The van der Waals surface area contributed by atoms with Gasteiger partial charge in [-0.25, -0.2) is 0 Å². The first kappa shape index (κ1) is 15.8. The van der Waals surface area contributed by atoms with Gasteiger partial charge in [-0.3, -0.25) is 0 Å². The molecule has 0 saturated heterocycles. The average Bonchev–Trinajstić information content (AvgIpc) is 2.83. The number of hydrogen-bond acceptors (Lipinski definition) is 3. The van der Waals surface area contributed by atoms with Gasteiger partial charge in [-0.05, 0) is 68.2 Å². The molecule has 0 aromatic carbocycles. The summed E-state index contributed by atoms with van der Waals surface area (Å²) in [5.41, 5.74) is 2.55. The van der Waals surface area contributed by atoms with Crippen molar-refractivity contribution in [2.24, 2.45) is 0 Å². The highest BCUT2D eigenvalue weighted by Crippen LogP contribution is 2.39. The van der Waals surface area contributed by atoms with Crippen LogP contribution in [0.4, 0.5) is 0 Å². The Balaban J connectivity index is 2.50. The first-order valence-corrected chi connectivity index (χ1v) is 8.62. The van der Waals surface area contributed by atoms with Gasteiger partial charge in [0.2, 0.25) is 0 Å². The largest absolute Gasteiger partial charge is 0.466 e. The Morgan fingerprint density at radius 3 is 2.40 bits per heavy atom. The van der Waals surface area contributed by atoms with Crippen molar-refractivity contribution in [2.75, 3.05) is 6.54 Å². The maximum Gasteiger partial charge on any atom is 0.106 e. The summed E-state index contributed by atoms with van der Waals surface area (Å²) in [4.78, 5) is 2.66. The van der Waals surface area contributed by atoms with Gasteiger partial charge < -0.3 is 9.73 Å². The lowest BCUT2D eigenvalue weighted by Crippen LogP contribution is -2.23. The van der Waals surface area contributed by atoms with Crippen molar-refractivity contribution in [1.29, 1.82) is 0 Å². The number of thiophene rings is 1. The third-order valence-corrected chi connectivity index (χ3v) is 5.64. The van der Waals surface area contributed by atoms with Crippen molar-refractivity contribution in [1.82, 2.24) is 5.32 Å². The van der Waals surface area contributed by atoms with E-state index in [-0.39, 0.29) is 6.04 Å². The summed E-state index contributed by atoms with van der Waals surface area (Å²) < 4.78 is 7.01. The fourth-order valence-corrected chi connectivity index (χ4v) is 4.51. The van der Waals surface area contributed by atoms with Crippen LogP contribution in [0.15, 0.2) is 15.0 Å². The van der Waals surface area contributed by atoms with Crippen molar-refractivity contribution in [2.45, 2.75) is 47.1 Å². The molecule has 2 aromatic heterocycles. The zero-order valence-corrected chi connectivity index (χ0v) is 15.2. The number of furan rings is 1. The summed E-state index contributed by atoms with van der Waals surface area (Å²) in [5.74, 6) is 2.04. The van der Waals surface area contributed by atoms with Crippen LogP contribution in [-0.2, 0) is 0 Å². The molecule has 2 rings (SSSR count). The smallest absolute Gasteiger partial charge is 0.106 e. The molecule has 4 heteroatoms. The quantitative estimate of drug-likeness (QED) is 0.773. The molecule has 20 heavy (non-hydrogen) atoms. The van der Waals surface area contributed by atoms with Crippen molar-refractivity contribution in [3.05, 3.63) is 42.9 Å². The summed E-state index contributed by atoms with van der Waals surface area (Å²) in [7, 11) is 0. The minimum Gasteiger partial charge on any atom is -0.466 e. The second-order valence-corrected chi connectivity index (χ2v) is 7.35. The SMILES string of the molecule is CCCNC(c1sc(C)cc1Br)c1c(C)oc(C)c1C. The Kier molecular flexibility index (Phi) is 5.10. The van der Waals surface area contributed by atoms with Crippen molar-refractivity contribution < 1.29 is 4.42 Å². The van der Waals surface area contributed by atoms with E-state index in [0.29, 0.717) is 0 Å². The van der Waals surface area contributed by atoms with Crippen LogP contribution in [0.1, 0.15) is 51.8 Å². The Labute approximate surface area is 133 Å². The normalized spacial score (nSPS) is 12.9. The summed E-state index contributed by atoms with van der Waals surface area (Å²) in [6, 6.07) is 2.40. The number of nitrogens with one attached hydrogen (secondary N) is 1. The predicted molar refractivity (Wildman–Crippen MR) is 89.8 cm³/mol. The van der Waals surface area contributed by atoms with Gasteiger partial charge in [0, 0.05) is 19.8 Å². The number of halogens is 1. The average molecular weight is 356 g/mol. The fourth-order valence-electron chi connectivity index (χ4n) is 2.55. The highest BCUT2D eigenvalue weighted by molar-refractivity contribution is 9.10. The molecule has 2 nitrogen and oxygen atoms in total. The van der Waals surface area contributed by atoms with Crippen LogP contribution in [0.2, 0.25) is 0 Å². The predicted octanol–water partition coefficient (Wildman–Crippen LogP) is 5.43. The van der Waals surface area contributed by atoms with Gasteiger partial charge in [-0.15, -0.1) is 11.3 Å². The molecule has 110 valence electrons. The van der Waals surface area contributed by atoms with E-state index >= 15 is 0 Å². The molecule has 0 radical (unpaired) electrons. The lowest BCUT2D eigenvalue weighted by Gasteiger charge is -2.19. The van der Waals surface area contributed by atoms with E-state index in [1.54, 1.807) is 0 Å². The molecule has 2 heterocycles. The molecule has 0 fully saturated rings. The van der Waals surface area contributed by atoms with E-state index in [9.17, 15) is 0 Å². The number of hydrogen-bond donors (Lipinski definition) is 1. The minimum absolute atomic E-state index is 0.209. The van der Waals surface area contributed by atoms with Crippen molar-refractivity contribution >= 4 is 27.3 Å². The summed E-state index contributed by atoms with van der Waals surface area (Å²) in [6.07, 6.45) is 1.12. The van der Waals surface area contributed by atoms with Gasteiger partial charge in [-0.1, -0.05) is 6.92 Å². The van der Waals surface area contributed by atoms with Crippen LogP contribution >= 0.6 is 27.3 Å². The Bertz CT molecular complexity index is 600. The first-order valence-electron chi connectivity index (χ1n) is 7.01. The molecule has 1 N–H and O–H groups in total. The molecule has 0 bridgehead atoms. The lowest BCUT2D eigenvalue weighted by atomic mass is 10.0. The van der Waals surface area contributed by atoms with Gasteiger partial charge >= 0.3 is 0 Å². The number of rotatable bonds is 5. The maximum absolute atomic E-state index is 5.82. The van der Waals surface area contributed by atoms with Gasteiger partial charge in [0.15, 0.2) is 0 Å². The standard InChI is InChI=1S/C16H22BrNOS/c1-6-7-18-15(16-13(17)8-9(2)20-16)14-10(3)11(4)19-12(14)5/h8,15,18H,6-7H2,1-5H3. The summed E-state index contributed by atoms with van der Waals surface area (Å²) in [6.45, 7) is 11.6. The molecule has 0 aliphatic carbocycles. The third kappa shape index (κ3) is 3.02. The Morgan fingerprint density at radius 1 is 1.25 bits per heavy atom. The first-order chi connectivity index (χ1) is 9.45. The molecule has 0 amide bonds. The van der Waals surface area contributed by atoms with E-state index < -0.39 is 0 Å². The van der Waals surface area contributed by atoms with E-state index in [1.165, 1.54) is 25.4 Å². The second-order valence-electron chi connectivity index (χ2n) is 5.21. The van der Waals surface area contributed by atoms with Gasteiger partial charge in [0.1, 0.15) is 11.5 Å². The maximum atomic E-state index is 5.82. The molecule has 0 aliphatic rings. The third-order valence-electron chi connectivity index (χ3n) is 3.60. The molecule has 1 atom stereocenters. The van der Waals surface area contributed by atoms with Crippen LogP contribution in [0, 0.1) is 27.7 Å². The number of aryl methyl sites for hydroxylation is 3. The highest BCUT2D eigenvalue weighted by Gasteiger charge is 2.25. The molecule has 0 saturated carbocycles. The zero-order valence-electron chi connectivity index (χ0n) is 12.8. The van der Waals surface area contributed by atoms with E-state index in [1.807, 2.05) is 18.3 Å². The van der Waals surface area contributed by atoms with Crippen LogP contribution < -0.4 is 5.32 Å². The molecular weight excluding hydrogens is 334 g/mol. The zero-order chi connectivity index (χ0) is 14.9. The van der Waals surface area contributed by atoms with Crippen molar-refractivity contribution in [3.8, 4) is 0 Å². The summed E-state index contributed by atoms with van der Waals surface area (Å²) >= 11 is 5.55. The molecular formula is C16H22BrNOS. The fraction of sp³-hybridized carbons (Fsp3) is 0.500. The van der Waals surface area contributed by atoms with Crippen LogP contribution in [0.5, 0.6) is 0 Å². The Morgan fingerprint density at radius 2 is 1.95 bits per heavy atom. The van der Waals surface area contributed by atoms with Crippen LogP contribution in [0.25, 0.3) is 0 Å². The lowest BCUT2D eigenvalue weighted by molar-refractivity contribution is 0.493. The molecule has 0 spiro atoms. The summed E-state index contributed by atoms with van der Waals surface area (Å²) in [5, 5.41) is 3.67. The van der Waals surface area contributed by atoms with E-state index in [4.69, 9.17) is 4.42 Å². The van der Waals surface area contributed by atoms with E-state index in [2.05, 4.69) is 55.0 Å². The Hall–Kier alpha value is -0.580. The van der Waals surface area contributed by atoms with Gasteiger partial charge in [-0.2, -0.15) is 0 Å². The van der Waals surface area contributed by atoms with Gasteiger partial charge in [0.05, 0.1) is 6.04 Å². The van der Waals surface area contributed by atoms with Crippen LogP contribution in [-0.4, -0.2) is 6.54 Å². The topological polar surface area (TPSA) is 25.2 Å². The van der Waals surface area contributed by atoms with Crippen LogP contribution in [0.3, 0.4) is 0 Å². The minimum atomic E-state index is 0.209. The highest BCUT2D eigenvalue weighted by atomic mass is 79.9. The molecule has 1 unspecified atom stereocenters. The van der Waals surface area contributed by atoms with Crippen molar-refractivity contribution in [3.63, 3.8) is 0 Å². The monoisotopic (exact) mass is 355 g/mol. The molecule has 0 aliphatic heterocycles. The molecule has 2 aromatic rings. The van der Waals surface area contributed by atoms with Gasteiger partial charge in [0.25, 0.3) is 0 Å². The second kappa shape index (κ2) is 6.46. The van der Waals surface area contributed by atoms with E-state index in [0.717, 1.165) is 24.5 Å².